The zero-order valence-corrected chi connectivity index (χ0v) is 12.4. The van der Waals surface area contributed by atoms with Crippen LogP contribution in [0.4, 0.5) is 0 Å². The SMILES string of the molecule is CO[C@H]1O[C@H](CO)[C@@H](O)[C@H](O)[C@@H]1n1cc(-c2cccnc2)nn1. The van der Waals surface area contributed by atoms with Crippen molar-refractivity contribution in [2.24, 2.45) is 0 Å². The fraction of sp³-hybridized carbons (Fsp3) is 0.500. The van der Waals surface area contributed by atoms with Crippen molar-refractivity contribution < 1.29 is 24.8 Å². The van der Waals surface area contributed by atoms with E-state index in [-0.39, 0.29) is 0 Å². The lowest BCUT2D eigenvalue weighted by atomic mass is 9.97. The topological polar surface area (TPSA) is 123 Å². The number of aromatic nitrogens is 4. The molecule has 0 aromatic carbocycles. The van der Waals surface area contributed by atoms with Crippen LogP contribution in [0.1, 0.15) is 6.04 Å². The zero-order chi connectivity index (χ0) is 16.4. The molecule has 2 aromatic rings. The van der Waals surface area contributed by atoms with Gasteiger partial charge in [-0.15, -0.1) is 5.10 Å². The number of rotatable bonds is 4. The van der Waals surface area contributed by atoms with Gasteiger partial charge < -0.3 is 24.8 Å². The van der Waals surface area contributed by atoms with Crippen molar-refractivity contribution in [2.75, 3.05) is 13.7 Å². The quantitative estimate of drug-likeness (QED) is 0.653. The summed E-state index contributed by atoms with van der Waals surface area (Å²) >= 11 is 0. The third-order valence-corrected chi connectivity index (χ3v) is 3.85. The van der Waals surface area contributed by atoms with E-state index in [1.165, 1.54) is 11.8 Å². The fourth-order valence-corrected chi connectivity index (χ4v) is 2.61. The number of hydrogen-bond donors (Lipinski definition) is 3. The standard InChI is InChI=1S/C14H18N4O5/c1-22-14-11(13(21)12(20)10(7-19)23-14)18-6-9(16-17-18)8-3-2-4-15-5-8/h2-6,10-14,19-21H,7H2,1H3/t10-,11+,12-,13-,14+/m1/s1. The molecule has 9 nitrogen and oxygen atoms in total. The molecule has 1 fully saturated rings. The minimum atomic E-state index is -1.26. The monoisotopic (exact) mass is 322 g/mol. The van der Waals surface area contributed by atoms with Crippen LogP contribution in [0.3, 0.4) is 0 Å². The minimum absolute atomic E-state index is 0.427. The summed E-state index contributed by atoms with van der Waals surface area (Å²) in [7, 11) is 1.41. The molecule has 0 saturated carbocycles. The summed E-state index contributed by atoms with van der Waals surface area (Å²) in [6.45, 7) is -0.427. The average Bonchev–Trinajstić information content (AvgIpc) is 3.07. The molecule has 1 aliphatic rings. The number of hydrogen-bond acceptors (Lipinski definition) is 8. The van der Waals surface area contributed by atoms with Crippen LogP contribution in [0, 0.1) is 0 Å². The highest BCUT2D eigenvalue weighted by molar-refractivity contribution is 5.55. The normalized spacial score (nSPS) is 31.2. The Hall–Kier alpha value is -1.91. The number of ether oxygens (including phenoxy) is 2. The van der Waals surface area contributed by atoms with E-state index in [2.05, 4.69) is 15.3 Å². The summed E-state index contributed by atoms with van der Waals surface area (Å²) in [4.78, 5) is 4.02. The van der Waals surface area contributed by atoms with Crippen LogP contribution in [0.15, 0.2) is 30.7 Å². The van der Waals surface area contributed by atoms with Crippen LogP contribution in [0.25, 0.3) is 11.3 Å². The molecule has 0 aliphatic carbocycles. The van der Waals surface area contributed by atoms with E-state index in [0.717, 1.165) is 5.56 Å². The molecule has 2 aromatic heterocycles. The Bertz CT molecular complexity index is 635. The second-order valence-electron chi connectivity index (χ2n) is 5.26. The van der Waals surface area contributed by atoms with Gasteiger partial charge in [-0.1, -0.05) is 5.21 Å². The molecular formula is C14H18N4O5. The Kier molecular flexibility index (Phi) is 4.64. The van der Waals surface area contributed by atoms with E-state index in [0.29, 0.717) is 5.69 Å². The highest BCUT2D eigenvalue weighted by Gasteiger charge is 2.46. The van der Waals surface area contributed by atoms with Crippen molar-refractivity contribution in [3.8, 4) is 11.3 Å². The second kappa shape index (κ2) is 6.69. The summed E-state index contributed by atoms with van der Waals surface area (Å²) in [6.07, 6.45) is 0.621. The summed E-state index contributed by atoms with van der Waals surface area (Å²) in [5, 5.41) is 37.6. The first-order valence-corrected chi connectivity index (χ1v) is 7.13. The minimum Gasteiger partial charge on any atom is -0.394 e. The Morgan fingerprint density at radius 2 is 2.17 bits per heavy atom. The number of methoxy groups -OCH3 is 1. The summed E-state index contributed by atoms with van der Waals surface area (Å²) < 4.78 is 12.1. The zero-order valence-electron chi connectivity index (χ0n) is 12.4. The van der Waals surface area contributed by atoms with Crippen LogP contribution < -0.4 is 0 Å². The third kappa shape index (κ3) is 2.96. The summed E-state index contributed by atoms with van der Waals surface area (Å²) in [6, 6.07) is 2.82. The van der Waals surface area contributed by atoms with Gasteiger partial charge in [-0.25, -0.2) is 4.68 Å². The molecule has 3 N–H and O–H groups in total. The van der Waals surface area contributed by atoms with E-state index in [9.17, 15) is 15.3 Å². The van der Waals surface area contributed by atoms with Gasteiger partial charge in [-0.2, -0.15) is 0 Å². The van der Waals surface area contributed by atoms with Gasteiger partial charge in [0.15, 0.2) is 6.29 Å². The van der Waals surface area contributed by atoms with Crippen LogP contribution in [-0.2, 0) is 9.47 Å². The molecule has 5 atom stereocenters. The highest BCUT2D eigenvalue weighted by Crippen LogP contribution is 2.30. The van der Waals surface area contributed by atoms with Gasteiger partial charge in [-0.05, 0) is 12.1 Å². The Balaban J connectivity index is 1.89. The lowest BCUT2D eigenvalue weighted by Gasteiger charge is -2.41. The molecule has 23 heavy (non-hydrogen) atoms. The molecule has 124 valence electrons. The molecule has 9 heteroatoms. The fourth-order valence-electron chi connectivity index (χ4n) is 2.61. The van der Waals surface area contributed by atoms with Crippen molar-refractivity contribution >= 4 is 0 Å². The molecule has 0 bridgehead atoms. The molecule has 0 spiro atoms. The van der Waals surface area contributed by atoms with Crippen LogP contribution in [0.2, 0.25) is 0 Å². The number of pyridine rings is 1. The van der Waals surface area contributed by atoms with Crippen molar-refractivity contribution in [1.82, 2.24) is 20.0 Å². The maximum atomic E-state index is 10.4. The lowest BCUT2D eigenvalue weighted by molar-refractivity contribution is -0.274. The van der Waals surface area contributed by atoms with E-state index in [4.69, 9.17) is 9.47 Å². The van der Waals surface area contributed by atoms with Gasteiger partial charge in [0.2, 0.25) is 0 Å². The predicted octanol–water partition coefficient (Wildman–Crippen LogP) is -1.03. The first-order chi connectivity index (χ1) is 11.2. The maximum Gasteiger partial charge on any atom is 0.182 e. The van der Waals surface area contributed by atoms with E-state index < -0.39 is 37.3 Å². The molecular weight excluding hydrogens is 304 g/mol. The van der Waals surface area contributed by atoms with E-state index in [1.807, 2.05) is 6.07 Å². The van der Waals surface area contributed by atoms with Crippen molar-refractivity contribution in [2.45, 2.75) is 30.6 Å². The molecule has 3 heterocycles. The van der Waals surface area contributed by atoms with Crippen molar-refractivity contribution in [3.63, 3.8) is 0 Å². The Morgan fingerprint density at radius 3 is 2.83 bits per heavy atom. The molecule has 1 saturated heterocycles. The van der Waals surface area contributed by atoms with Gasteiger partial charge in [0.05, 0.1) is 12.8 Å². The first-order valence-electron chi connectivity index (χ1n) is 7.13. The number of nitrogens with zero attached hydrogens (tertiary/aromatic N) is 4. The molecule has 0 amide bonds. The van der Waals surface area contributed by atoms with Crippen LogP contribution in [-0.4, -0.2) is 73.6 Å². The summed E-state index contributed by atoms with van der Waals surface area (Å²) in [5.74, 6) is 0. The number of aliphatic hydroxyl groups is 3. The predicted molar refractivity (Wildman–Crippen MR) is 77.1 cm³/mol. The van der Waals surface area contributed by atoms with E-state index >= 15 is 0 Å². The number of aliphatic hydroxyl groups excluding tert-OH is 3. The molecule has 3 rings (SSSR count). The van der Waals surface area contributed by atoms with Gasteiger partial charge in [0, 0.05) is 25.1 Å². The van der Waals surface area contributed by atoms with E-state index in [1.54, 1.807) is 24.7 Å². The Labute approximate surface area is 132 Å². The molecule has 0 unspecified atom stereocenters. The third-order valence-electron chi connectivity index (χ3n) is 3.85. The first kappa shape index (κ1) is 16.0. The average molecular weight is 322 g/mol. The molecule has 0 radical (unpaired) electrons. The largest absolute Gasteiger partial charge is 0.394 e. The van der Waals surface area contributed by atoms with Crippen LogP contribution >= 0.6 is 0 Å². The Morgan fingerprint density at radius 1 is 1.35 bits per heavy atom. The maximum absolute atomic E-state index is 10.4. The smallest absolute Gasteiger partial charge is 0.182 e. The van der Waals surface area contributed by atoms with Crippen molar-refractivity contribution in [3.05, 3.63) is 30.7 Å². The lowest BCUT2D eigenvalue weighted by Crippen LogP contribution is -2.56. The second-order valence-corrected chi connectivity index (χ2v) is 5.26. The molecule has 1 aliphatic heterocycles. The van der Waals surface area contributed by atoms with Gasteiger partial charge in [0.1, 0.15) is 30.0 Å². The van der Waals surface area contributed by atoms with Gasteiger partial charge in [-0.3, -0.25) is 4.98 Å². The van der Waals surface area contributed by atoms with Crippen LogP contribution in [0.5, 0.6) is 0 Å². The summed E-state index contributed by atoms with van der Waals surface area (Å²) in [5.41, 5.74) is 1.34. The highest BCUT2D eigenvalue weighted by atomic mass is 16.7. The van der Waals surface area contributed by atoms with Gasteiger partial charge >= 0.3 is 0 Å². The van der Waals surface area contributed by atoms with Crippen molar-refractivity contribution in [1.29, 1.82) is 0 Å². The van der Waals surface area contributed by atoms with Gasteiger partial charge in [0.25, 0.3) is 0 Å².